The summed E-state index contributed by atoms with van der Waals surface area (Å²) in [7, 11) is -0.721. The van der Waals surface area contributed by atoms with Crippen LogP contribution in [0.4, 0.5) is 0 Å². The molecule has 0 aliphatic carbocycles. The first kappa shape index (κ1) is 35.4. The Morgan fingerprint density at radius 1 is 0.778 bits per heavy atom. The first-order chi connectivity index (χ1) is 26.4. The molecule has 3 aliphatic rings. The fraction of sp³-hybridized carbons (Fsp3) is 0.279. The monoisotopic (exact) mass is 720 g/mol. The summed E-state index contributed by atoms with van der Waals surface area (Å²) in [5.74, 6) is 0.884. The fourth-order valence-electron chi connectivity index (χ4n) is 8.18. The molecule has 0 spiro atoms. The summed E-state index contributed by atoms with van der Waals surface area (Å²) in [6.45, 7) is 3.76. The van der Waals surface area contributed by atoms with E-state index in [1.165, 1.54) is 11.1 Å². The molecule has 0 radical (unpaired) electrons. The lowest BCUT2D eigenvalue weighted by molar-refractivity contribution is -0.126. The molecule has 54 heavy (non-hydrogen) atoms. The van der Waals surface area contributed by atoms with Crippen molar-refractivity contribution in [2.24, 2.45) is 11.5 Å². The lowest BCUT2D eigenvalue weighted by Crippen LogP contribution is -2.55. The van der Waals surface area contributed by atoms with Crippen LogP contribution in [0, 0.1) is 0 Å². The van der Waals surface area contributed by atoms with Gasteiger partial charge >= 0.3 is 7.05 Å². The van der Waals surface area contributed by atoms with Gasteiger partial charge in [0, 0.05) is 56.2 Å². The van der Waals surface area contributed by atoms with E-state index in [0.29, 0.717) is 73.7 Å². The third kappa shape index (κ3) is 7.29. The summed E-state index contributed by atoms with van der Waals surface area (Å²) in [6.07, 6.45) is 6.84. The number of H-pyrrole nitrogens is 1. The zero-order valence-corrected chi connectivity index (χ0v) is 30.3. The van der Waals surface area contributed by atoms with Crippen LogP contribution in [0.3, 0.4) is 0 Å². The van der Waals surface area contributed by atoms with Gasteiger partial charge in [-0.3, -0.25) is 14.4 Å². The molecular weight excluding hydrogens is 675 g/mol. The number of rotatable bonds is 8. The van der Waals surface area contributed by atoms with Crippen LogP contribution in [-0.4, -0.2) is 65.7 Å². The van der Waals surface area contributed by atoms with Gasteiger partial charge in [0.1, 0.15) is 11.4 Å². The van der Waals surface area contributed by atoms with Crippen LogP contribution in [0.5, 0.6) is 5.75 Å². The summed E-state index contributed by atoms with van der Waals surface area (Å²) in [6, 6.07) is 29.9. The molecule has 10 nitrogen and oxygen atoms in total. The Morgan fingerprint density at radius 3 is 2.06 bits per heavy atom. The van der Waals surface area contributed by atoms with E-state index in [-0.39, 0.29) is 17.7 Å². The molecule has 2 fully saturated rings. The van der Waals surface area contributed by atoms with Crippen molar-refractivity contribution in [3.63, 3.8) is 0 Å². The second-order valence-electron chi connectivity index (χ2n) is 14.6. The van der Waals surface area contributed by atoms with Crippen LogP contribution in [-0.2, 0) is 17.9 Å². The normalized spacial score (nSPS) is 16.8. The highest BCUT2D eigenvalue weighted by Crippen LogP contribution is 2.31. The lowest BCUT2D eigenvalue weighted by Gasteiger charge is -2.32. The summed E-state index contributed by atoms with van der Waals surface area (Å²) < 4.78 is 6.32. The molecule has 0 atom stereocenters. The van der Waals surface area contributed by atoms with E-state index >= 15 is 0 Å². The molecule has 1 aromatic heterocycles. The van der Waals surface area contributed by atoms with Crippen molar-refractivity contribution in [2.75, 3.05) is 26.2 Å². The largest absolute Gasteiger partial charge is 0.537 e. The number of likely N-dealkylation sites (tertiary alicyclic amines) is 2. The van der Waals surface area contributed by atoms with E-state index in [9.17, 15) is 14.4 Å². The number of fused-ring (bicyclic) bond motifs is 2. The Labute approximate surface area is 315 Å². The van der Waals surface area contributed by atoms with Crippen molar-refractivity contribution < 1.29 is 19.0 Å². The first-order valence-corrected chi connectivity index (χ1v) is 18.9. The van der Waals surface area contributed by atoms with E-state index in [1.54, 1.807) is 18.2 Å². The number of carbonyl (C=O) groups is 3. The molecule has 6 N–H and O–H groups in total. The molecule has 4 heterocycles. The minimum absolute atomic E-state index is 0.0183. The second-order valence-corrected chi connectivity index (χ2v) is 14.6. The van der Waals surface area contributed by atoms with E-state index in [2.05, 4.69) is 46.6 Å². The number of benzene rings is 4. The molecule has 0 bridgehead atoms. The minimum atomic E-state index is -0.721. The molecule has 5 aromatic rings. The molecular formula is C43H45BN6O4. The Hall–Kier alpha value is -5.65. The van der Waals surface area contributed by atoms with Crippen molar-refractivity contribution in [3.8, 4) is 5.75 Å². The van der Waals surface area contributed by atoms with Gasteiger partial charge in [0.15, 0.2) is 0 Å². The Balaban J connectivity index is 0.899. The molecule has 0 saturated carbocycles. The average Bonchev–Trinajstić information content (AvgIpc) is 3.66. The predicted molar refractivity (Wildman–Crippen MR) is 212 cm³/mol. The highest BCUT2D eigenvalue weighted by atomic mass is 16.4. The second kappa shape index (κ2) is 15.4. The third-order valence-electron chi connectivity index (χ3n) is 11.3. The molecule has 3 aliphatic heterocycles. The van der Waals surface area contributed by atoms with Gasteiger partial charge in [-0.1, -0.05) is 72.8 Å². The molecule has 11 heteroatoms. The average molecular weight is 721 g/mol. The highest BCUT2D eigenvalue weighted by Gasteiger charge is 2.34. The van der Waals surface area contributed by atoms with Gasteiger partial charge < -0.3 is 36.1 Å². The number of hydrogen-bond acceptors (Lipinski definition) is 6. The molecule has 3 amide bonds. The molecule has 2 saturated heterocycles. The van der Waals surface area contributed by atoms with Gasteiger partial charge in [-0.2, -0.15) is 0 Å². The van der Waals surface area contributed by atoms with Crippen LogP contribution in [0.2, 0.25) is 0 Å². The van der Waals surface area contributed by atoms with Crippen molar-refractivity contribution in [1.29, 1.82) is 0 Å². The number of nitrogens with two attached hydrogens (primary N) is 2. The standard InChI is InChI=1S/C43H45BN6O4/c45-26-28-4-1-7-33(22-28)30-14-18-49(19-15-30)40(51)13-11-32-6-3-9-39-41(32)42(52)48-44(54-39)36-12-10-35-24-38(47-37(35)25-36)43(53)50-20-16-31(17-21-50)34-8-2-5-29(23-34)27-46/h1-13,22-25,30-31,47H,14-21,26-27,45-46H2,(H,48,52)/b13-11+. The molecule has 4 aromatic carbocycles. The predicted octanol–water partition coefficient (Wildman–Crippen LogP) is 5.04. The molecule has 0 unspecified atom stereocenters. The maximum absolute atomic E-state index is 13.5. The van der Waals surface area contributed by atoms with Gasteiger partial charge in [0.2, 0.25) is 11.8 Å². The number of hydrogen-bond donors (Lipinski definition) is 4. The summed E-state index contributed by atoms with van der Waals surface area (Å²) in [5.41, 5.74) is 19.6. The summed E-state index contributed by atoms with van der Waals surface area (Å²) in [4.78, 5) is 47.4. The van der Waals surface area contributed by atoms with E-state index in [1.807, 2.05) is 58.3 Å². The lowest BCUT2D eigenvalue weighted by atomic mass is 9.71. The summed E-state index contributed by atoms with van der Waals surface area (Å²) >= 11 is 0. The van der Waals surface area contributed by atoms with E-state index < -0.39 is 7.05 Å². The van der Waals surface area contributed by atoms with Gasteiger partial charge in [0.25, 0.3) is 5.91 Å². The van der Waals surface area contributed by atoms with Crippen LogP contribution < -0.4 is 26.8 Å². The Bertz CT molecular complexity index is 2230. The smallest absolute Gasteiger partial charge is 0.519 e. The molecule has 8 rings (SSSR count). The Morgan fingerprint density at radius 2 is 1.41 bits per heavy atom. The number of aromatic nitrogens is 1. The number of nitrogens with one attached hydrogen (secondary N) is 2. The van der Waals surface area contributed by atoms with Crippen molar-refractivity contribution in [3.05, 3.63) is 136 Å². The zero-order chi connectivity index (χ0) is 37.2. The highest BCUT2D eigenvalue weighted by molar-refractivity contribution is 6.69. The van der Waals surface area contributed by atoms with Gasteiger partial charge in [-0.05, 0) is 95.1 Å². The topological polar surface area (TPSA) is 147 Å². The maximum Gasteiger partial charge on any atom is 0.519 e. The SMILES string of the molecule is NCc1cccc(C2CCN(C(=O)/C=C/c3cccc4c3C(=O)NB(c3ccc5cc(C(=O)N6CCC(c7cccc(CN)c7)CC6)[nH]c5c3)O4)CC2)c1. The van der Waals surface area contributed by atoms with Gasteiger partial charge in [0.05, 0.1) is 5.56 Å². The van der Waals surface area contributed by atoms with Crippen molar-refractivity contribution in [1.82, 2.24) is 20.0 Å². The number of aromatic amines is 1. The quantitative estimate of drug-likeness (QED) is 0.131. The van der Waals surface area contributed by atoms with Crippen molar-refractivity contribution in [2.45, 2.75) is 50.6 Å². The van der Waals surface area contributed by atoms with Crippen molar-refractivity contribution >= 4 is 47.2 Å². The number of piperidine rings is 2. The summed E-state index contributed by atoms with van der Waals surface area (Å²) in [5, 5.41) is 3.89. The fourth-order valence-corrected chi connectivity index (χ4v) is 8.18. The molecule has 274 valence electrons. The van der Waals surface area contributed by atoms with Crippen LogP contribution in [0.1, 0.15) is 86.2 Å². The first-order valence-electron chi connectivity index (χ1n) is 18.9. The number of amides is 3. The Kier molecular flexibility index (Phi) is 10.1. The number of carbonyl (C=O) groups excluding carboxylic acids is 3. The minimum Gasteiger partial charge on any atom is -0.537 e. The van der Waals surface area contributed by atoms with Gasteiger partial charge in [-0.25, -0.2) is 0 Å². The van der Waals surface area contributed by atoms with E-state index in [0.717, 1.165) is 53.2 Å². The van der Waals surface area contributed by atoms with Gasteiger partial charge in [-0.15, -0.1) is 0 Å². The van der Waals surface area contributed by atoms with Crippen LogP contribution >= 0.6 is 0 Å². The number of nitrogens with zero attached hydrogens (tertiary/aromatic N) is 2. The maximum atomic E-state index is 13.5. The zero-order valence-electron chi connectivity index (χ0n) is 30.3. The van der Waals surface area contributed by atoms with E-state index in [4.69, 9.17) is 16.1 Å². The third-order valence-corrected chi connectivity index (χ3v) is 11.3. The van der Waals surface area contributed by atoms with Crippen LogP contribution in [0.15, 0.2) is 97.1 Å². The van der Waals surface area contributed by atoms with Crippen LogP contribution in [0.25, 0.3) is 17.0 Å².